The molecular weight excluding hydrogens is 957 g/mol. The van der Waals surface area contributed by atoms with Crippen LogP contribution in [0.25, 0.3) is 10.9 Å². The molecule has 7 amide bonds. The van der Waals surface area contributed by atoms with Gasteiger partial charge in [0.15, 0.2) is 17.7 Å². The summed E-state index contributed by atoms with van der Waals surface area (Å²) in [5.41, 5.74) is 29.9. The number of amides is 7. The lowest BCUT2D eigenvalue weighted by Gasteiger charge is -2.28. The van der Waals surface area contributed by atoms with Gasteiger partial charge in [-0.3, -0.25) is 53.1 Å². The van der Waals surface area contributed by atoms with E-state index < -0.39 is 114 Å². The Morgan fingerprint density at radius 3 is 2.08 bits per heavy atom. The van der Waals surface area contributed by atoms with E-state index in [2.05, 4.69) is 46.9 Å². The van der Waals surface area contributed by atoms with Gasteiger partial charge < -0.3 is 70.7 Å². The van der Waals surface area contributed by atoms with Crippen molar-refractivity contribution in [1.82, 2.24) is 36.9 Å². The Hall–Kier alpha value is -7.89. The van der Waals surface area contributed by atoms with Crippen LogP contribution in [0.5, 0.6) is 0 Å². The minimum absolute atomic E-state index is 0.0116. The molecule has 1 aliphatic rings. The molecule has 2 aromatic carbocycles. The van der Waals surface area contributed by atoms with Crippen LogP contribution in [0.1, 0.15) is 89.2 Å². The Kier molecular flexibility index (Phi) is 23.5. The summed E-state index contributed by atoms with van der Waals surface area (Å²) in [6, 6.07) is 8.84. The summed E-state index contributed by atoms with van der Waals surface area (Å²) in [5, 5.41) is 27.3. The Morgan fingerprint density at radius 1 is 0.757 bits per heavy atom. The van der Waals surface area contributed by atoms with E-state index in [0.717, 1.165) is 16.5 Å². The van der Waals surface area contributed by atoms with E-state index in [1.807, 2.05) is 24.3 Å². The lowest BCUT2D eigenvalue weighted by atomic mass is 9.83. The molecule has 24 nitrogen and oxygen atoms in total. The van der Waals surface area contributed by atoms with E-state index in [1.54, 1.807) is 36.5 Å². The van der Waals surface area contributed by atoms with Crippen molar-refractivity contribution >= 4 is 75.7 Å². The average Bonchev–Trinajstić information content (AvgIpc) is 3.75. The fraction of sp³-hybridized carbons (Fsp3) is 0.500. The lowest BCUT2D eigenvalue weighted by Crippen LogP contribution is -2.60. The highest BCUT2D eigenvalue weighted by Gasteiger charge is 2.36. The number of nitrogens with two attached hydrogens (primary N) is 5. The molecule has 0 bridgehead atoms. The summed E-state index contributed by atoms with van der Waals surface area (Å²) in [6.45, 7) is 2.62. The van der Waals surface area contributed by atoms with E-state index in [1.165, 1.54) is 13.8 Å². The third-order valence-corrected chi connectivity index (χ3v) is 12.5. The minimum Gasteiger partial charge on any atom is -0.391 e. The van der Waals surface area contributed by atoms with Gasteiger partial charge in [0.2, 0.25) is 41.4 Å². The number of carbonyl (C=O) groups excluding carboxylic acids is 9. The number of ketones is 2. The predicted octanol–water partition coefficient (Wildman–Crippen LogP) is -1.79. The van der Waals surface area contributed by atoms with Crippen LogP contribution in [0.4, 0.5) is 0 Å². The quantitative estimate of drug-likeness (QED) is 0.0404. The molecule has 0 unspecified atom stereocenters. The second-order valence-electron chi connectivity index (χ2n) is 18.5. The smallest absolute Gasteiger partial charge is 0.245 e. The largest absolute Gasteiger partial charge is 0.391 e. The number of guanidine groups is 2. The van der Waals surface area contributed by atoms with Crippen LogP contribution in [0.2, 0.25) is 0 Å². The highest BCUT2D eigenvalue weighted by Crippen LogP contribution is 2.26. The zero-order chi connectivity index (χ0) is 54.3. The number of primary amides is 1. The fourth-order valence-corrected chi connectivity index (χ4v) is 8.59. The number of nitrogens with zero attached hydrogens (tertiary/aromatic N) is 2. The molecule has 0 radical (unpaired) electrons. The number of aliphatic hydroxyl groups is 1. The number of aromatic nitrogens is 1. The van der Waals surface area contributed by atoms with E-state index in [-0.39, 0.29) is 95.8 Å². The van der Waals surface area contributed by atoms with Gasteiger partial charge in [-0.2, -0.15) is 0 Å². The van der Waals surface area contributed by atoms with Gasteiger partial charge in [0, 0.05) is 68.3 Å². The molecule has 3 aromatic rings. The molecule has 402 valence electrons. The highest BCUT2D eigenvalue weighted by atomic mass is 16.3. The first kappa shape index (κ1) is 58.7. The molecule has 1 saturated heterocycles. The Bertz CT molecular complexity index is 2490. The molecule has 74 heavy (non-hydrogen) atoms. The molecule has 1 fully saturated rings. The van der Waals surface area contributed by atoms with Crippen molar-refractivity contribution in [1.29, 1.82) is 0 Å². The van der Waals surface area contributed by atoms with Gasteiger partial charge in [0.1, 0.15) is 30.0 Å². The fourth-order valence-electron chi connectivity index (χ4n) is 8.59. The van der Waals surface area contributed by atoms with Crippen LogP contribution in [-0.2, 0) is 56.0 Å². The number of aromatic amines is 1. The number of fused-ring (bicyclic) bond motifs is 1. The van der Waals surface area contributed by atoms with Crippen molar-refractivity contribution in [3.63, 3.8) is 0 Å². The Balaban J connectivity index is 1.76. The maximum Gasteiger partial charge on any atom is 0.245 e. The van der Waals surface area contributed by atoms with Crippen molar-refractivity contribution < 1.29 is 48.3 Å². The highest BCUT2D eigenvalue weighted by molar-refractivity contribution is 5.99. The minimum atomic E-state index is -1.76. The van der Waals surface area contributed by atoms with Gasteiger partial charge in [-0.05, 0) is 81.9 Å². The van der Waals surface area contributed by atoms with Crippen molar-refractivity contribution in [3.05, 3.63) is 71.9 Å². The molecular formula is C50H72N14O10. The van der Waals surface area contributed by atoms with Crippen molar-refractivity contribution in [2.75, 3.05) is 19.6 Å². The number of benzene rings is 2. The summed E-state index contributed by atoms with van der Waals surface area (Å²) in [7, 11) is 0. The molecule has 0 saturated carbocycles. The standard InChI is InChI=1S/C50H72N14O10/c1-28(65)43-48(74)62-38(22-30-12-4-3-5-13-30)41(68)24-31(14-10-20-57-49(52)53)40(67)25-32(23-33-27-59-35-16-7-6-15-34(33)35)45(71)61-36(44(51)70)17-8-9-19-56-42(69)26-39(47(73)64-43)63-46(72)37(60-29(2)66)18-11-21-58-50(54)55/h3-7,12-13,15-16,27-28,31-32,36-39,43,59,65H,8-11,14,17-26H2,1-2H3,(H2,51,70)(H,56,69)(H,60,66)(H,61,71)(H,62,74)(H,63,72)(H,64,73)(H4,52,53,57)(H4,54,55,58)/t28-,31-,32-,36+,37+,38-,39+,43-/m1/s1. The van der Waals surface area contributed by atoms with Gasteiger partial charge in [0.05, 0.1) is 18.6 Å². The summed E-state index contributed by atoms with van der Waals surface area (Å²) in [6.07, 6.45) is -0.250. The van der Waals surface area contributed by atoms with Crippen LogP contribution >= 0.6 is 0 Å². The number of aliphatic imine (C=N–C) groups is 2. The average molecular weight is 1030 g/mol. The third-order valence-electron chi connectivity index (χ3n) is 12.5. The third kappa shape index (κ3) is 19.6. The van der Waals surface area contributed by atoms with Crippen molar-refractivity contribution in [2.24, 2.45) is 50.5 Å². The molecule has 2 heterocycles. The second-order valence-corrected chi connectivity index (χ2v) is 18.5. The van der Waals surface area contributed by atoms with E-state index >= 15 is 0 Å². The maximum atomic E-state index is 14.7. The maximum absolute atomic E-state index is 14.7. The van der Waals surface area contributed by atoms with Crippen LogP contribution in [0.3, 0.4) is 0 Å². The summed E-state index contributed by atoms with van der Waals surface area (Å²) >= 11 is 0. The molecule has 18 N–H and O–H groups in total. The van der Waals surface area contributed by atoms with Gasteiger partial charge >= 0.3 is 0 Å². The SMILES string of the molecule is CC(=O)N[C@@H](CCCN=C(N)N)C(=O)N[C@H]1CC(=O)NCCCC[C@@H](C(N)=O)NC(=O)[C@H](Cc2c[nH]c3ccccc23)CC(=O)[C@H](CCCN=C(N)N)CC(=O)[C@@H](Cc2ccccc2)NC(=O)[C@@H]([C@@H](C)O)NC1=O. The van der Waals surface area contributed by atoms with Crippen LogP contribution in [0.15, 0.2) is 70.8 Å². The van der Waals surface area contributed by atoms with Gasteiger partial charge in [-0.1, -0.05) is 48.5 Å². The zero-order valence-corrected chi connectivity index (χ0v) is 41.9. The van der Waals surface area contributed by atoms with Gasteiger partial charge in [-0.15, -0.1) is 0 Å². The van der Waals surface area contributed by atoms with E-state index in [0.29, 0.717) is 5.56 Å². The van der Waals surface area contributed by atoms with E-state index in [9.17, 15) is 48.3 Å². The topological polar surface area (TPSA) is 417 Å². The van der Waals surface area contributed by atoms with E-state index in [4.69, 9.17) is 28.7 Å². The lowest BCUT2D eigenvalue weighted by molar-refractivity contribution is -0.137. The van der Waals surface area contributed by atoms with Crippen LogP contribution in [0, 0.1) is 11.8 Å². The van der Waals surface area contributed by atoms with Crippen LogP contribution < -0.4 is 60.6 Å². The molecule has 1 aromatic heterocycles. The number of aliphatic hydroxyl groups excluding tert-OH is 1. The first-order valence-electron chi connectivity index (χ1n) is 24.7. The number of carbonyl (C=O) groups is 9. The molecule has 1 aliphatic heterocycles. The summed E-state index contributed by atoms with van der Waals surface area (Å²) in [5.74, 6) is -9.26. The van der Waals surface area contributed by atoms with Gasteiger partial charge in [-0.25, -0.2) is 0 Å². The number of H-pyrrole nitrogens is 1. The van der Waals surface area contributed by atoms with Crippen molar-refractivity contribution in [3.8, 4) is 0 Å². The first-order chi connectivity index (χ1) is 35.2. The number of rotatable bonds is 17. The molecule has 4 rings (SSSR count). The summed E-state index contributed by atoms with van der Waals surface area (Å²) < 4.78 is 0. The Labute approximate surface area is 429 Å². The number of hydrogen-bond acceptors (Lipinski definition) is 12. The van der Waals surface area contributed by atoms with Crippen molar-refractivity contribution in [2.45, 2.75) is 127 Å². The molecule has 24 heteroatoms. The normalized spacial score (nSPS) is 21.9. The monoisotopic (exact) mass is 1030 g/mol. The summed E-state index contributed by atoms with van der Waals surface area (Å²) in [4.78, 5) is 135. The zero-order valence-electron chi connectivity index (χ0n) is 41.9. The Morgan fingerprint density at radius 2 is 1.42 bits per heavy atom. The number of para-hydroxylation sites is 1. The molecule has 0 aliphatic carbocycles. The molecule has 8 atom stereocenters. The number of nitrogens with one attached hydrogen (secondary N) is 7. The molecule has 0 spiro atoms. The second kappa shape index (κ2) is 29.6. The first-order valence-corrected chi connectivity index (χ1v) is 24.7. The van der Waals surface area contributed by atoms with Gasteiger partial charge in [0.25, 0.3) is 0 Å². The number of Topliss-reactive ketones (excluding diaryl/α,β-unsaturated/α-hetero) is 2. The van der Waals surface area contributed by atoms with Crippen LogP contribution in [-0.4, -0.2) is 131 Å². The predicted molar refractivity (Wildman–Crippen MR) is 276 cm³/mol. The number of hydrogen-bond donors (Lipinski definition) is 13.